The lowest BCUT2D eigenvalue weighted by Gasteiger charge is -2.32. The van der Waals surface area contributed by atoms with Gasteiger partial charge in [0.1, 0.15) is 5.76 Å². The Balaban J connectivity index is 1.40. The van der Waals surface area contributed by atoms with Crippen molar-refractivity contribution in [3.8, 4) is 0 Å². The summed E-state index contributed by atoms with van der Waals surface area (Å²) in [6.07, 6.45) is 5.00. The van der Waals surface area contributed by atoms with Gasteiger partial charge in [-0.2, -0.15) is 0 Å². The standard InChI is InChI=1S/C28H32N2O4/c1-28(2)16-23(32)27(24(33)17-28)21(30-12-6-7-13-30)11-10-20-26-22(31)14-19(15-25(26)34-29-20)18-8-4-3-5-9-18/h3-5,8-9,19H,6-7,10-17H2,1-2H3. The first kappa shape index (κ1) is 22.8. The molecule has 6 nitrogen and oxygen atoms in total. The third-order valence-corrected chi connectivity index (χ3v) is 7.46. The molecule has 2 aromatic rings. The van der Waals surface area contributed by atoms with Crippen molar-refractivity contribution in [1.29, 1.82) is 0 Å². The van der Waals surface area contributed by atoms with Crippen LogP contribution in [-0.2, 0) is 22.4 Å². The molecule has 1 aromatic carbocycles. The molecule has 2 fully saturated rings. The Labute approximate surface area is 200 Å². The third-order valence-electron chi connectivity index (χ3n) is 7.46. The summed E-state index contributed by atoms with van der Waals surface area (Å²) >= 11 is 0. The topological polar surface area (TPSA) is 80.5 Å². The van der Waals surface area contributed by atoms with Crippen molar-refractivity contribution >= 4 is 17.3 Å². The number of rotatable bonds is 5. The molecular weight excluding hydrogens is 428 g/mol. The molecule has 3 aliphatic rings. The summed E-state index contributed by atoms with van der Waals surface area (Å²) in [7, 11) is 0. The zero-order valence-electron chi connectivity index (χ0n) is 20.1. The maximum atomic E-state index is 13.1. The number of Topliss-reactive ketones (excluding diaryl/α,β-unsaturated/α-hetero) is 3. The molecule has 1 atom stereocenters. The number of aromatic nitrogens is 1. The molecule has 2 heterocycles. The highest BCUT2D eigenvalue weighted by Crippen LogP contribution is 2.38. The molecule has 1 saturated heterocycles. The molecule has 0 spiro atoms. The second-order valence-electron chi connectivity index (χ2n) is 10.7. The van der Waals surface area contributed by atoms with Gasteiger partial charge in [0.15, 0.2) is 17.3 Å². The normalized spacial score (nSPS) is 22.3. The van der Waals surface area contributed by atoms with Crippen molar-refractivity contribution in [2.24, 2.45) is 5.41 Å². The van der Waals surface area contributed by atoms with Crippen molar-refractivity contribution in [3.05, 3.63) is 64.2 Å². The average Bonchev–Trinajstić information content (AvgIpc) is 3.46. The Bertz CT molecular complexity index is 1130. The predicted molar refractivity (Wildman–Crippen MR) is 128 cm³/mol. The van der Waals surface area contributed by atoms with Gasteiger partial charge in [0.2, 0.25) is 0 Å². The number of aryl methyl sites for hydroxylation is 1. The lowest BCUT2D eigenvalue weighted by atomic mass is 9.73. The summed E-state index contributed by atoms with van der Waals surface area (Å²) in [5.41, 5.74) is 3.33. The van der Waals surface area contributed by atoms with Gasteiger partial charge in [0.05, 0.1) is 16.8 Å². The number of carbonyl (C=O) groups excluding carboxylic acids is 3. The van der Waals surface area contributed by atoms with Crippen molar-refractivity contribution in [3.63, 3.8) is 0 Å². The fourth-order valence-corrected chi connectivity index (χ4v) is 5.82. The van der Waals surface area contributed by atoms with E-state index in [-0.39, 0.29) is 28.7 Å². The van der Waals surface area contributed by atoms with E-state index in [1.807, 2.05) is 44.2 Å². The van der Waals surface area contributed by atoms with E-state index in [1.54, 1.807) is 0 Å². The SMILES string of the molecule is CC1(C)CC(=O)C(=C(CCc2noc3c2C(=O)CC(c2ccccc2)C3)N2CCCC2)C(=O)C1. The van der Waals surface area contributed by atoms with E-state index >= 15 is 0 Å². The average molecular weight is 461 g/mol. The van der Waals surface area contributed by atoms with Gasteiger partial charge in [-0.1, -0.05) is 49.3 Å². The van der Waals surface area contributed by atoms with Crippen LogP contribution in [0.1, 0.15) is 85.7 Å². The summed E-state index contributed by atoms with van der Waals surface area (Å²) in [4.78, 5) is 41.4. The smallest absolute Gasteiger partial charge is 0.168 e. The van der Waals surface area contributed by atoms with E-state index in [0.717, 1.165) is 37.2 Å². The van der Waals surface area contributed by atoms with Crippen LogP contribution >= 0.6 is 0 Å². The van der Waals surface area contributed by atoms with Gasteiger partial charge in [-0.15, -0.1) is 0 Å². The molecule has 2 aliphatic carbocycles. The Kier molecular flexibility index (Phi) is 6.00. The van der Waals surface area contributed by atoms with Crippen molar-refractivity contribution < 1.29 is 18.9 Å². The lowest BCUT2D eigenvalue weighted by molar-refractivity contribution is -0.127. The first-order chi connectivity index (χ1) is 16.3. The van der Waals surface area contributed by atoms with Crippen LogP contribution in [0.3, 0.4) is 0 Å². The number of benzene rings is 1. The van der Waals surface area contributed by atoms with Crippen LogP contribution in [0.2, 0.25) is 0 Å². The molecule has 5 rings (SSSR count). The first-order valence-electron chi connectivity index (χ1n) is 12.4. The Morgan fingerprint density at radius 3 is 2.35 bits per heavy atom. The number of hydrogen-bond donors (Lipinski definition) is 0. The minimum atomic E-state index is -0.291. The number of fused-ring (bicyclic) bond motifs is 1. The summed E-state index contributed by atoms with van der Waals surface area (Å²) in [6.45, 7) is 5.67. The Morgan fingerprint density at radius 1 is 1.00 bits per heavy atom. The second-order valence-corrected chi connectivity index (χ2v) is 10.7. The van der Waals surface area contributed by atoms with Crippen LogP contribution in [0.15, 0.2) is 46.1 Å². The zero-order valence-corrected chi connectivity index (χ0v) is 20.1. The number of carbonyl (C=O) groups is 3. The maximum absolute atomic E-state index is 13.1. The summed E-state index contributed by atoms with van der Waals surface area (Å²) in [6, 6.07) is 10.1. The number of nitrogens with zero attached hydrogens (tertiary/aromatic N) is 2. The highest BCUT2D eigenvalue weighted by Gasteiger charge is 2.39. The minimum absolute atomic E-state index is 0.0490. The van der Waals surface area contributed by atoms with Crippen molar-refractivity contribution in [1.82, 2.24) is 10.1 Å². The van der Waals surface area contributed by atoms with E-state index in [0.29, 0.717) is 61.1 Å². The number of likely N-dealkylation sites (tertiary alicyclic amines) is 1. The van der Waals surface area contributed by atoms with Crippen molar-refractivity contribution in [2.45, 2.75) is 71.1 Å². The van der Waals surface area contributed by atoms with Crippen LogP contribution in [-0.4, -0.2) is 40.5 Å². The van der Waals surface area contributed by atoms with Crippen LogP contribution in [0.5, 0.6) is 0 Å². The van der Waals surface area contributed by atoms with Crippen LogP contribution in [0.4, 0.5) is 0 Å². The molecule has 178 valence electrons. The quantitative estimate of drug-likeness (QED) is 0.470. The van der Waals surface area contributed by atoms with E-state index in [9.17, 15) is 14.4 Å². The summed E-state index contributed by atoms with van der Waals surface area (Å²) in [5, 5.41) is 4.27. The van der Waals surface area contributed by atoms with E-state index in [2.05, 4.69) is 10.1 Å². The maximum Gasteiger partial charge on any atom is 0.168 e. The van der Waals surface area contributed by atoms with Crippen LogP contribution in [0.25, 0.3) is 0 Å². The summed E-state index contributed by atoms with van der Waals surface area (Å²) in [5.74, 6) is 0.722. The molecule has 1 aliphatic heterocycles. The van der Waals surface area contributed by atoms with Gasteiger partial charge in [0, 0.05) is 44.5 Å². The minimum Gasteiger partial charge on any atom is -0.374 e. The predicted octanol–water partition coefficient (Wildman–Crippen LogP) is 4.83. The van der Waals surface area contributed by atoms with Gasteiger partial charge in [-0.3, -0.25) is 14.4 Å². The van der Waals surface area contributed by atoms with Gasteiger partial charge >= 0.3 is 0 Å². The molecular formula is C28H32N2O4. The fraction of sp³-hybridized carbons (Fsp3) is 0.500. The van der Waals surface area contributed by atoms with E-state index < -0.39 is 0 Å². The van der Waals surface area contributed by atoms with Crippen LogP contribution in [0, 0.1) is 5.41 Å². The van der Waals surface area contributed by atoms with Gasteiger partial charge in [0.25, 0.3) is 0 Å². The van der Waals surface area contributed by atoms with Gasteiger partial charge in [-0.05, 0) is 42.6 Å². The summed E-state index contributed by atoms with van der Waals surface area (Å²) < 4.78 is 5.65. The molecule has 1 aromatic heterocycles. The van der Waals surface area contributed by atoms with Gasteiger partial charge < -0.3 is 9.42 Å². The second kappa shape index (κ2) is 8.97. The van der Waals surface area contributed by atoms with Gasteiger partial charge in [-0.25, -0.2) is 0 Å². The number of ketones is 3. The van der Waals surface area contributed by atoms with Crippen molar-refractivity contribution in [2.75, 3.05) is 13.1 Å². The number of hydrogen-bond acceptors (Lipinski definition) is 6. The molecule has 6 heteroatoms. The molecule has 1 unspecified atom stereocenters. The van der Waals surface area contributed by atoms with E-state index in [1.165, 1.54) is 0 Å². The lowest BCUT2D eigenvalue weighted by Crippen LogP contribution is -2.35. The zero-order chi connectivity index (χ0) is 23.9. The molecule has 0 radical (unpaired) electrons. The largest absolute Gasteiger partial charge is 0.374 e. The first-order valence-corrected chi connectivity index (χ1v) is 12.4. The monoisotopic (exact) mass is 460 g/mol. The Morgan fingerprint density at radius 2 is 1.68 bits per heavy atom. The number of allylic oxidation sites excluding steroid dienone is 2. The molecule has 0 bridgehead atoms. The molecule has 0 amide bonds. The molecule has 34 heavy (non-hydrogen) atoms. The Hall–Kier alpha value is -3.02. The fourth-order valence-electron chi connectivity index (χ4n) is 5.82. The van der Waals surface area contributed by atoms with Crippen LogP contribution < -0.4 is 0 Å². The highest BCUT2D eigenvalue weighted by molar-refractivity contribution is 6.22. The molecule has 1 saturated carbocycles. The molecule has 0 N–H and O–H groups in total. The highest BCUT2D eigenvalue weighted by atomic mass is 16.5. The van der Waals surface area contributed by atoms with E-state index in [4.69, 9.17) is 4.52 Å². The third kappa shape index (κ3) is 4.38.